The third-order valence-electron chi connectivity index (χ3n) is 1.91. The summed E-state index contributed by atoms with van der Waals surface area (Å²) in [7, 11) is 5.47. The number of hydrogen-bond acceptors (Lipinski definition) is 5. The second-order valence-electron chi connectivity index (χ2n) is 3.23. The van der Waals surface area contributed by atoms with E-state index >= 15 is 0 Å². The summed E-state index contributed by atoms with van der Waals surface area (Å²) in [5, 5.41) is 8.59. The van der Waals surface area contributed by atoms with Gasteiger partial charge in [0.25, 0.3) is 0 Å². The first-order valence-corrected chi connectivity index (χ1v) is 6.74. The fourth-order valence-corrected chi connectivity index (χ4v) is 4.58. The van der Waals surface area contributed by atoms with Gasteiger partial charge in [0.2, 0.25) is 0 Å². The maximum Gasteiger partial charge on any atom is 0.0698 e. The molecule has 0 bridgehead atoms. The van der Waals surface area contributed by atoms with Crippen LogP contribution >= 0.6 is 21.6 Å². The third-order valence-corrected chi connectivity index (χ3v) is 4.74. The molecule has 78 valence electrons. The van der Waals surface area contributed by atoms with Gasteiger partial charge in [-0.3, -0.25) is 0 Å². The smallest absolute Gasteiger partial charge is 0.0698 e. The highest BCUT2D eigenvalue weighted by Gasteiger charge is 2.35. The van der Waals surface area contributed by atoms with Gasteiger partial charge in [-0.15, -0.1) is 0 Å². The van der Waals surface area contributed by atoms with E-state index in [0.717, 1.165) is 18.1 Å². The highest BCUT2D eigenvalue weighted by Crippen LogP contribution is 2.43. The third kappa shape index (κ3) is 3.67. The molecule has 0 atom stereocenters. The standard InChI is InChI=1S/C8H16O3S2/c1-10-4-8(5-11-3-2-9)6-12-13-7-8/h9H,2-7H2,1H3. The monoisotopic (exact) mass is 224 g/mol. The van der Waals surface area contributed by atoms with Gasteiger partial charge in [-0.2, -0.15) is 0 Å². The van der Waals surface area contributed by atoms with Crippen LogP contribution in [0, 0.1) is 5.41 Å². The van der Waals surface area contributed by atoms with Crippen molar-refractivity contribution in [3.8, 4) is 0 Å². The van der Waals surface area contributed by atoms with Crippen molar-refractivity contribution in [2.75, 3.05) is 45.0 Å². The molecule has 0 aromatic heterocycles. The van der Waals surface area contributed by atoms with Crippen LogP contribution in [0.5, 0.6) is 0 Å². The predicted molar refractivity (Wildman–Crippen MR) is 57.1 cm³/mol. The molecule has 5 heteroatoms. The molecule has 13 heavy (non-hydrogen) atoms. The molecule has 0 amide bonds. The molecule has 0 radical (unpaired) electrons. The van der Waals surface area contributed by atoms with Gasteiger partial charge in [0, 0.05) is 24.0 Å². The molecule has 0 spiro atoms. The van der Waals surface area contributed by atoms with E-state index in [1.165, 1.54) is 0 Å². The van der Waals surface area contributed by atoms with Gasteiger partial charge >= 0.3 is 0 Å². The Balaban J connectivity index is 2.28. The van der Waals surface area contributed by atoms with E-state index in [-0.39, 0.29) is 12.0 Å². The van der Waals surface area contributed by atoms with E-state index in [1.54, 1.807) is 7.11 Å². The van der Waals surface area contributed by atoms with E-state index in [1.807, 2.05) is 21.6 Å². The van der Waals surface area contributed by atoms with Crippen LogP contribution in [0.25, 0.3) is 0 Å². The van der Waals surface area contributed by atoms with Crippen molar-refractivity contribution in [3.63, 3.8) is 0 Å². The summed E-state index contributed by atoms with van der Waals surface area (Å²) in [6.07, 6.45) is 0. The number of aliphatic hydroxyl groups is 1. The van der Waals surface area contributed by atoms with Crippen molar-refractivity contribution in [3.05, 3.63) is 0 Å². The zero-order valence-corrected chi connectivity index (χ0v) is 9.46. The van der Waals surface area contributed by atoms with E-state index in [0.29, 0.717) is 13.2 Å². The molecular formula is C8H16O3S2. The molecule has 0 aliphatic carbocycles. The molecule has 0 aromatic rings. The van der Waals surface area contributed by atoms with Gasteiger partial charge < -0.3 is 14.6 Å². The van der Waals surface area contributed by atoms with Crippen LogP contribution in [-0.2, 0) is 9.47 Å². The van der Waals surface area contributed by atoms with Crippen molar-refractivity contribution in [2.45, 2.75) is 0 Å². The van der Waals surface area contributed by atoms with E-state index in [2.05, 4.69) is 0 Å². The summed E-state index contributed by atoms with van der Waals surface area (Å²) < 4.78 is 10.6. The SMILES string of the molecule is COCC1(COCCO)CSSC1. The first kappa shape index (κ1) is 11.7. The minimum atomic E-state index is 0.101. The molecule has 1 aliphatic rings. The van der Waals surface area contributed by atoms with Gasteiger partial charge in [-0.1, -0.05) is 21.6 Å². The minimum absolute atomic E-state index is 0.101. The van der Waals surface area contributed by atoms with Crippen molar-refractivity contribution in [1.82, 2.24) is 0 Å². The van der Waals surface area contributed by atoms with Gasteiger partial charge in [-0.25, -0.2) is 0 Å². The van der Waals surface area contributed by atoms with E-state index < -0.39 is 0 Å². The maximum atomic E-state index is 8.59. The summed E-state index contributed by atoms with van der Waals surface area (Å²) in [5.74, 6) is 2.16. The Morgan fingerprint density at radius 3 is 2.54 bits per heavy atom. The normalized spacial score (nSPS) is 20.8. The molecule has 1 aliphatic heterocycles. The fraction of sp³-hybridized carbons (Fsp3) is 1.00. The average molecular weight is 224 g/mol. The Hall–Kier alpha value is 0.580. The Bertz CT molecular complexity index is 137. The molecule has 0 aromatic carbocycles. The molecule has 1 N–H and O–H groups in total. The predicted octanol–water partition coefficient (Wildman–Crippen LogP) is 1.02. The molecular weight excluding hydrogens is 208 g/mol. The van der Waals surface area contributed by atoms with Crippen molar-refractivity contribution in [2.24, 2.45) is 5.41 Å². The molecule has 3 nitrogen and oxygen atoms in total. The van der Waals surface area contributed by atoms with Crippen LogP contribution in [0.4, 0.5) is 0 Å². The summed E-state index contributed by atoms with van der Waals surface area (Å²) in [5.41, 5.74) is 0.166. The highest BCUT2D eigenvalue weighted by atomic mass is 33.1. The Kier molecular flexibility index (Phi) is 5.50. The van der Waals surface area contributed by atoms with Gasteiger partial charge in [0.1, 0.15) is 0 Å². The second-order valence-corrected chi connectivity index (χ2v) is 5.70. The number of ether oxygens (including phenoxy) is 2. The van der Waals surface area contributed by atoms with E-state index in [9.17, 15) is 0 Å². The van der Waals surface area contributed by atoms with Crippen LogP contribution in [0.2, 0.25) is 0 Å². The van der Waals surface area contributed by atoms with Crippen molar-refractivity contribution >= 4 is 21.6 Å². The quantitative estimate of drug-likeness (QED) is 0.539. The number of rotatable bonds is 6. The largest absolute Gasteiger partial charge is 0.394 e. The molecule has 1 fully saturated rings. The molecule has 0 unspecified atom stereocenters. The Morgan fingerprint density at radius 2 is 2.00 bits per heavy atom. The lowest BCUT2D eigenvalue weighted by Crippen LogP contribution is -2.34. The van der Waals surface area contributed by atoms with Gasteiger partial charge in [0.05, 0.1) is 26.4 Å². The zero-order valence-electron chi connectivity index (χ0n) is 7.82. The summed E-state index contributed by atoms with van der Waals surface area (Å²) >= 11 is 0. The van der Waals surface area contributed by atoms with Crippen LogP contribution in [0.3, 0.4) is 0 Å². The Labute approximate surface area is 87.0 Å². The topological polar surface area (TPSA) is 38.7 Å². The first-order chi connectivity index (χ1) is 6.33. The minimum Gasteiger partial charge on any atom is -0.394 e. The van der Waals surface area contributed by atoms with Crippen molar-refractivity contribution < 1.29 is 14.6 Å². The van der Waals surface area contributed by atoms with E-state index in [4.69, 9.17) is 14.6 Å². The first-order valence-electron chi connectivity index (χ1n) is 4.25. The Morgan fingerprint density at radius 1 is 1.31 bits per heavy atom. The summed E-state index contributed by atoms with van der Waals surface area (Å²) in [6.45, 7) is 1.98. The summed E-state index contributed by atoms with van der Waals surface area (Å²) in [4.78, 5) is 0. The fourth-order valence-electron chi connectivity index (χ4n) is 1.24. The number of aliphatic hydroxyl groups excluding tert-OH is 1. The molecule has 0 saturated carbocycles. The second kappa shape index (κ2) is 6.14. The highest BCUT2D eigenvalue weighted by molar-refractivity contribution is 8.77. The van der Waals surface area contributed by atoms with Gasteiger partial charge in [-0.05, 0) is 0 Å². The lowest BCUT2D eigenvalue weighted by Gasteiger charge is -2.25. The van der Waals surface area contributed by atoms with Crippen molar-refractivity contribution in [1.29, 1.82) is 0 Å². The van der Waals surface area contributed by atoms with Crippen LogP contribution in [0.15, 0.2) is 0 Å². The average Bonchev–Trinajstić information content (AvgIpc) is 2.55. The molecule has 1 heterocycles. The lowest BCUT2D eigenvalue weighted by molar-refractivity contribution is 0.00700. The van der Waals surface area contributed by atoms with Crippen LogP contribution in [0.1, 0.15) is 0 Å². The number of hydrogen-bond donors (Lipinski definition) is 1. The molecule has 1 saturated heterocycles. The number of methoxy groups -OCH3 is 1. The van der Waals surface area contributed by atoms with Crippen LogP contribution < -0.4 is 0 Å². The van der Waals surface area contributed by atoms with Crippen LogP contribution in [-0.4, -0.2) is 50.1 Å². The maximum absolute atomic E-state index is 8.59. The zero-order chi connectivity index (χ0) is 9.57. The molecule has 1 rings (SSSR count). The van der Waals surface area contributed by atoms with Gasteiger partial charge in [0.15, 0.2) is 0 Å². The lowest BCUT2D eigenvalue weighted by atomic mass is 9.95. The summed E-state index contributed by atoms with van der Waals surface area (Å²) in [6, 6.07) is 0.